The minimum atomic E-state index is 0.529. The predicted octanol–water partition coefficient (Wildman–Crippen LogP) is 3.08. The van der Waals surface area contributed by atoms with Gasteiger partial charge in [-0.3, -0.25) is 0 Å². The number of nitrogens with one attached hydrogen (secondary N) is 1. The molecule has 0 amide bonds. The smallest absolute Gasteiger partial charge is 0.249 e. The molecule has 0 radical (unpaired) electrons. The third-order valence-corrected chi connectivity index (χ3v) is 3.26. The van der Waals surface area contributed by atoms with E-state index in [0.29, 0.717) is 5.95 Å². The van der Waals surface area contributed by atoms with E-state index < -0.39 is 0 Å². The van der Waals surface area contributed by atoms with Gasteiger partial charge in [0.05, 0.1) is 6.20 Å². The first-order chi connectivity index (χ1) is 9.63. The van der Waals surface area contributed by atoms with Gasteiger partial charge in [0.15, 0.2) is 5.82 Å². The SMILES string of the molecule is CCN(CC)c1cnnc(Nc2ccc(C)cc2C)n1. The van der Waals surface area contributed by atoms with Gasteiger partial charge in [0, 0.05) is 18.8 Å². The third kappa shape index (κ3) is 3.23. The van der Waals surface area contributed by atoms with Gasteiger partial charge in [-0.25, -0.2) is 0 Å². The molecule has 0 fully saturated rings. The predicted molar refractivity (Wildman–Crippen MR) is 82.6 cm³/mol. The van der Waals surface area contributed by atoms with Gasteiger partial charge < -0.3 is 10.2 Å². The van der Waals surface area contributed by atoms with E-state index in [1.54, 1.807) is 6.20 Å². The minimum Gasteiger partial charge on any atom is -0.356 e. The molecule has 1 N–H and O–H groups in total. The second kappa shape index (κ2) is 6.32. The first-order valence-electron chi connectivity index (χ1n) is 6.93. The number of rotatable bonds is 5. The highest BCUT2D eigenvalue weighted by atomic mass is 15.3. The van der Waals surface area contributed by atoms with Gasteiger partial charge in [0.25, 0.3) is 0 Å². The summed E-state index contributed by atoms with van der Waals surface area (Å²) in [6.07, 6.45) is 1.69. The molecular weight excluding hydrogens is 250 g/mol. The van der Waals surface area contributed by atoms with Crippen LogP contribution in [-0.2, 0) is 0 Å². The molecule has 0 saturated heterocycles. The number of benzene rings is 1. The van der Waals surface area contributed by atoms with Crippen LogP contribution in [0.4, 0.5) is 17.5 Å². The van der Waals surface area contributed by atoms with Crippen LogP contribution in [0.5, 0.6) is 0 Å². The van der Waals surface area contributed by atoms with E-state index in [4.69, 9.17) is 0 Å². The summed E-state index contributed by atoms with van der Waals surface area (Å²) in [5.41, 5.74) is 3.42. The van der Waals surface area contributed by atoms with Crippen molar-refractivity contribution in [1.29, 1.82) is 0 Å². The highest BCUT2D eigenvalue weighted by molar-refractivity contribution is 5.59. The number of nitrogens with zero attached hydrogens (tertiary/aromatic N) is 4. The van der Waals surface area contributed by atoms with Gasteiger partial charge in [0.2, 0.25) is 5.95 Å². The van der Waals surface area contributed by atoms with Crippen molar-refractivity contribution in [1.82, 2.24) is 15.2 Å². The molecule has 0 saturated carbocycles. The molecule has 5 nitrogen and oxygen atoms in total. The highest BCUT2D eigenvalue weighted by Gasteiger charge is 2.07. The van der Waals surface area contributed by atoms with Crippen molar-refractivity contribution in [2.75, 3.05) is 23.3 Å². The molecule has 0 aliphatic rings. The molecule has 0 aliphatic heterocycles. The summed E-state index contributed by atoms with van der Waals surface area (Å²) in [6.45, 7) is 10.1. The van der Waals surface area contributed by atoms with Crippen molar-refractivity contribution in [2.45, 2.75) is 27.7 Å². The summed E-state index contributed by atoms with van der Waals surface area (Å²) in [4.78, 5) is 6.66. The molecule has 1 aromatic carbocycles. The van der Waals surface area contributed by atoms with Crippen molar-refractivity contribution in [2.24, 2.45) is 0 Å². The summed E-state index contributed by atoms with van der Waals surface area (Å²) in [7, 11) is 0. The van der Waals surface area contributed by atoms with Crippen molar-refractivity contribution >= 4 is 17.5 Å². The standard InChI is InChI=1S/C15H21N5/c1-5-20(6-2)14-10-16-19-15(18-14)17-13-8-7-11(3)9-12(13)4/h7-10H,5-6H2,1-4H3,(H,17,18,19). The molecule has 1 aromatic heterocycles. The molecule has 2 rings (SSSR count). The Morgan fingerprint density at radius 2 is 1.90 bits per heavy atom. The maximum atomic E-state index is 4.51. The molecule has 0 atom stereocenters. The van der Waals surface area contributed by atoms with Gasteiger partial charge in [-0.05, 0) is 39.3 Å². The van der Waals surface area contributed by atoms with Crippen LogP contribution >= 0.6 is 0 Å². The second-order valence-corrected chi connectivity index (χ2v) is 4.75. The first kappa shape index (κ1) is 14.2. The van der Waals surface area contributed by atoms with Crippen molar-refractivity contribution < 1.29 is 0 Å². The normalized spacial score (nSPS) is 10.4. The lowest BCUT2D eigenvalue weighted by atomic mass is 10.1. The summed E-state index contributed by atoms with van der Waals surface area (Å²) >= 11 is 0. The Morgan fingerprint density at radius 1 is 1.15 bits per heavy atom. The van der Waals surface area contributed by atoms with Crippen LogP contribution in [0, 0.1) is 13.8 Å². The van der Waals surface area contributed by atoms with E-state index >= 15 is 0 Å². The number of anilines is 3. The summed E-state index contributed by atoms with van der Waals surface area (Å²) in [6, 6.07) is 6.24. The summed E-state index contributed by atoms with van der Waals surface area (Å²) in [5.74, 6) is 1.37. The van der Waals surface area contributed by atoms with Crippen LogP contribution in [0.15, 0.2) is 24.4 Å². The van der Waals surface area contributed by atoms with Gasteiger partial charge in [-0.15, -0.1) is 5.10 Å². The van der Waals surface area contributed by atoms with E-state index in [0.717, 1.165) is 24.6 Å². The van der Waals surface area contributed by atoms with Crippen molar-refractivity contribution in [3.05, 3.63) is 35.5 Å². The molecule has 0 unspecified atom stereocenters. The Bertz CT molecular complexity index is 578. The summed E-state index contributed by atoms with van der Waals surface area (Å²) < 4.78 is 0. The lowest BCUT2D eigenvalue weighted by Crippen LogP contribution is -2.23. The van der Waals surface area contributed by atoms with Crippen molar-refractivity contribution in [3.63, 3.8) is 0 Å². The monoisotopic (exact) mass is 271 g/mol. The maximum Gasteiger partial charge on any atom is 0.249 e. The van der Waals surface area contributed by atoms with E-state index in [9.17, 15) is 0 Å². The second-order valence-electron chi connectivity index (χ2n) is 4.75. The fraction of sp³-hybridized carbons (Fsp3) is 0.400. The molecular formula is C15H21N5. The topological polar surface area (TPSA) is 53.9 Å². The number of hydrogen-bond donors (Lipinski definition) is 1. The zero-order valence-electron chi connectivity index (χ0n) is 12.5. The van der Waals surface area contributed by atoms with E-state index in [-0.39, 0.29) is 0 Å². The molecule has 20 heavy (non-hydrogen) atoms. The highest BCUT2D eigenvalue weighted by Crippen LogP contribution is 2.20. The van der Waals surface area contributed by atoms with Crippen LogP contribution in [0.25, 0.3) is 0 Å². The molecule has 106 valence electrons. The van der Waals surface area contributed by atoms with Crippen LogP contribution in [0.2, 0.25) is 0 Å². The Balaban J connectivity index is 2.23. The Hall–Kier alpha value is -2.17. The van der Waals surface area contributed by atoms with Crippen LogP contribution in [0.3, 0.4) is 0 Å². The fourth-order valence-corrected chi connectivity index (χ4v) is 2.12. The molecule has 0 spiro atoms. The summed E-state index contributed by atoms with van der Waals surface area (Å²) in [5, 5.41) is 11.3. The van der Waals surface area contributed by atoms with E-state index in [1.807, 2.05) is 6.07 Å². The Morgan fingerprint density at radius 3 is 2.55 bits per heavy atom. The van der Waals surface area contributed by atoms with Gasteiger partial charge in [0.1, 0.15) is 0 Å². The van der Waals surface area contributed by atoms with E-state index in [2.05, 4.69) is 65.2 Å². The zero-order valence-corrected chi connectivity index (χ0v) is 12.5. The lowest BCUT2D eigenvalue weighted by molar-refractivity contribution is 0.826. The van der Waals surface area contributed by atoms with Gasteiger partial charge >= 0.3 is 0 Å². The largest absolute Gasteiger partial charge is 0.356 e. The Kier molecular flexibility index (Phi) is 4.50. The molecule has 2 aromatic rings. The minimum absolute atomic E-state index is 0.529. The van der Waals surface area contributed by atoms with Crippen LogP contribution in [0.1, 0.15) is 25.0 Å². The third-order valence-electron chi connectivity index (χ3n) is 3.26. The Labute approximate surface area is 120 Å². The first-order valence-corrected chi connectivity index (χ1v) is 6.93. The van der Waals surface area contributed by atoms with Crippen LogP contribution in [-0.4, -0.2) is 28.3 Å². The molecule has 0 bridgehead atoms. The number of hydrogen-bond acceptors (Lipinski definition) is 5. The lowest BCUT2D eigenvalue weighted by Gasteiger charge is -2.19. The zero-order chi connectivity index (χ0) is 14.5. The molecule has 0 aliphatic carbocycles. The van der Waals surface area contributed by atoms with E-state index in [1.165, 1.54) is 11.1 Å². The quantitative estimate of drug-likeness (QED) is 0.905. The van der Waals surface area contributed by atoms with Crippen molar-refractivity contribution in [3.8, 4) is 0 Å². The van der Waals surface area contributed by atoms with Gasteiger partial charge in [-0.1, -0.05) is 17.7 Å². The van der Waals surface area contributed by atoms with Gasteiger partial charge in [-0.2, -0.15) is 10.1 Å². The molecule has 1 heterocycles. The maximum absolute atomic E-state index is 4.51. The molecule has 5 heteroatoms. The average molecular weight is 271 g/mol. The average Bonchev–Trinajstić information content (AvgIpc) is 2.44. The number of aryl methyl sites for hydroxylation is 2. The van der Waals surface area contributed by atoms with Crippen LogP contribution < -0.4 is 10.2 Å². The fourth-order valence-electron chi connectivity index (χ4n) is 2.12. The number of aromatic nitrogens is 3.